The molecule has 39 heavy (non-hydrogen) atoms. The van der Waals surface area contributed by atoms with Crippen LogP contribution in [-0.4, -0.2) is 59.4 Å². The van der Waals surface area contributed by atoms with Gasteiger partial charge in [-0.3, -0.25) is 9.69 Å². The molecule has 206 valence electrons. The fourth-order valence-electron chi connectivity index (χ4n) is 4.69. The Hall–Kier alpha value is -3.85. The zero-order valence-electron chi connectivity index (χ0n) is 21.9. The molecular weight excluding hydrogens is 505 g/mol. The number of carbonyl (C=O) groups is 2. The number of urea groups is 1. The Balaban J connectivity index is 1.37. The van der Waals surface area contributed by atoms with E-state index in [9.17, 15) is 22.8 Å². The third-order valence-electron chi connectivity index (χ3n) is 7.01. The van der Waals surface area contributed by atoms with Gasteiger partial charge in [0.2, 0.25) is 5.91 Å². The van der Waals surface area contributed by atoms with Crippen molar-refractivity contribution in [1.82, 2.24) is 14.7 Å². The summed E-state index contributed by atoms with van der Waals surface area (Å²) in [5, 5.41) is 2.69. The first kappa shape index (κ1) is 28.2. The van der Waals surface area contributed by atoms with Gasteiger partial charge in [-0.15, -0.1) is 0 Å². The van der Waals surface area contributed by atoms with Crippen molar-refractivity contribution in [3.63, 3.8) is 0 Å². The van der Waals surface area contributed by atoms with Gasteiger partial charge in [-0.1, -0.05) is 60.7 Å². The number of carbonyl (C=O) groups excluding carboxylic acids is 2. The monoisotopic (exact) mass is 538 g/mol. The normalized spacial score (nSPS) is 15.0. The number of piperazine rings is 1. The average molecular weight is 539 g/mol. The molecule has 3 aromatic carbocycles. The lowest BCUT2D eigenvalue weighted by Gasteiger charge is -2.35. The number of nitrogens with one attached hydrogen (secondary N) is 1. The zero-order valence-corrected chi connectivity index (χ0v) is 21.9. The number of hydrogen-bond donors (Lipinski definition) is 1. The molecule has 4 rings (SSSR count). The first-order valence-electron chi connectivity index (χ1n) is 13.0. The molecule has 1 atom stereocenters. The van der Waals surface area contributed by atoms with Gasteiger partial charge in [0.05, 0.1) is 11.6 Å². The van der Waals surface area contributed by atoms with Crippen molar-refractivity contribution in [2.75, 3.05) is 38.0 Å². The molecule has 3 amide bonds. The van der Waals surface area contributed by atoms with E-state index in [1.807, 2.05) is 60.4 Å². The molecule has 0 radical (unpaired) electrons. The molecule has 1 heterocycles. The zero-order chi connectivity index (χ0) is 27.8. The number of anilines is 1. The minimum absolute atomic E-state index is 0.0260. The van der Waals surface area contributed by atoms with E-state index in [-0.39, 0.29) is 30.6 Å². The Morgan fingerprint density at radius 3 is 2.05 bits per heavy atom. The quantitative estimate of drug-likeness (QED) is 0.381. The van der Waals surface area contributed by atoms with Crippen LogP contribution in [0.25, 0.3) is 0 Å². The smallest absolute Gasteiger partial charge is 0.340 e. The van der Waals surface area contributed by atoms with Gasteiger partial charge in [-0.2, -0.15) is 13.2 Å². The molecule has 0 bridgehead atoms. The summed E-state index contributed by atoms with van der Waals surface area (Å²) in [5.74, 6) is -0.0260. The van der Waals surface area contributed by atoms with E-state index >= 15 is 0 Å². The molecule has 0 aliphatic carbocycles. The highest BCUT2D eigenvalue weighted by Gasteiger charge is 2.30. The second-order valence-corrected chi connectivity index (χ2v) is 9.68. The van der Waals surface area contributed by atoms with Crippen LogP contribution in [0.15, 0.2) is 84.9 Å². The van der Waals surface area contributed by atoms with Gasteiger partial charge < -0.3 is 15.1 Å². The van der Waals surface area contributed by atoms with Crippen molar-refractivity contribution in [2.45, 2.75) is 32.1 Å². The van der Waals surface area contributed by atoms with E-state index in [4.69, 9.17) is 0 Å². The highest BCUT2D eigenvalue weighted by molar-refractivity contribution is 5.90. The van der Waals surface area contributed by atoms with E-state index in [2.05, 4.69) is 22.3 Å². The second kappa shape index (κ2) is 12.8. The molecule has 1 saturated heterocycles. The Morgan fingerprint density at radius 2 is 1.46 bits per heavy atom. The summed E-state index contributed by atoms with van der Waals surface area (Å²) in [7, 11) is 0. The van der Waals surface area contributed by atoms with Crippen LogP contribution in [0.2, 0.25) is 0 Å². The number of alkyl halides is 3. The Morgan fingerprint density at radius 1 is 0.872 bits per heavy atom. The largest absolute Gasteiger partial charge is 0.416 e. The molecule has 6 nitrogen and oxygen atoms in total. The molecule has 0 aromatic heterocycles. The van der Waals surface area contributed by atoms with Crippen LogP contribution in [-0.2, 0) is 17.5 Å². The third kappa shape index (κ3) is 7.83. The first-order chi connectivity index (χ1) is 18.7. The topological polar surface area (TPSA) is 55.9 Å². The molecular formula is C30H33F3N4O2. The summed E-state index contributed by atoms with van der Waals surface area (Å²) in [6.07, 6.45) is -4.31. The highest BCUT2D eigenvalue weighted by atomic mass is 19.4. The van der Waals surface area contributed by atoms with Gasteiger partial charge in [-0.25, -0.2) is 4.79 Å². The number of halogens is 3. The van der Waals surface area contributed by atoms with Gasteiger partial charge in [0.1, 0.15) is 0 Å². The molecule has 9 heteroatoms. The average Bonchev–Trinajstić information content (AvgIpc) is 2.94. The molecule has 0 saturated carbocycles. The SMILES string of the molecule is CC(c1ccccc1)N(CCC(=O)N1CCN(Cc2ccccc2)CC1)C(=O)Nc1ccc(C(F)(F)F)cc1. The summed E-state index contributed by atoms with van der Waals surface area (Å²) in [6, 6.07) is 23.1. The maximum absolute atomic E-state index is 13.3. The van der Waals surface area contributed by atoms with Crippen molar-refractivity contribution < 1.29 is 22.8 Å². The van der Waals surface area contributed by atoms with Crippen molar-refractivity contribution in [2.24, 2.45) is 0 Å². The summed E-state index contributed by atoms with van der Waals surface area (Å²) in [5.41, 5.74) is 1.59. The number of benzene rings is 3. The number of nitrogens with zero attached hydrogens (tertiary/aromatic N) is 3. The molecule has 1 unspecified atom stereocenters. The van der Waals surface area contributed by atoms with Gasteiger partial charge in [0.15, 0.2) is 0 Å². The lowest BCUT2D eigenvalue weighted by Crippen LogP contribution is -2.49. The van der Waals surface area contributed by atoms with Gasteiger partial charge in [-0.05, 0) is 42.3 Å². The molecule has 1 aliphatic heterocycles. The molecule has 1 N–H and O–H groups in total. The van der Waals surface area contributed by atoms with Crippen LogP contribution in [0.4, 0.5) is 23.7 Å². The van der Waals surface area contributed by atoms with Gasteiger partial charge >= 0.3 is 12.2 Å². The maximum atomic E-state index is 13.3. The standard InChI is InChI=1S/C30H33F3N4O2/c1-23(25-10-6-3-7-11-25)37(29(39)34-27-14-12-26(13-15-27)30(31,32)33)17-16-28(38)36-20-18-35(19-21-36)22-24-8-4-2-5-9-24/h2-15,23H,16-22H2,1H3,(H,34,39). The van der Waals surface area contributed by atoms with E-state index in [0.29, 0.717) is 13.1 Å². The second-order valence-electron chi connectivity index (χ2n) is 9.68. The maximum Gasteiger partial charge on any atom is 0.416 e. The van der Waals surface area contributed by atoms with Crippen LogP contribution in [0.5, 0.6) is 0 Å². The van der Waals surface area contributed by atoms with Crippen molar-refractivity contribution in [1.29, 1.82) is 0 Å². The molecule has 3 aromatic rings. The van der Waals surface area contributed by atoms with Crippen molar-refractivity contribution >= 4 is 17.6 Å². The van der Waals surface area contributed by atoms with Crippen molar-refractivity contribution in [3.05, 3.63) is 102 Å². The van der Waals surface area contributed by atoms with Gasteiger partial charge in [0.25, 0.3) is 0 Å². The predicted octanol–water partition coefficient (Wildman–Crippen LogP) is 6.04. The van der Waals surface area contributed by atoms with E-state index in [1.54, 1.807) is 4.90 Å². The fraction of sp³-hybridized carbons (Fsp3) is 0.333. The number of rotatable bonds is 8. The molecule has 0 spiro atoms. The fourth-order valence-corrected chi connectivity index (χ4v) is 4.69. The summed E-state index contributed by atoms with van der Waals surface area (Å²) in [6.45, 7) is 5.68. The van der Waals surface area contributed by atoms with E-state index < -0.39 is 17.8 Å². The lowest BCUT2D eigenvalue weighted by molar-refractivity contribution is -0.137. The predicted molar refractivity (Wildman–Crippen MR) is 145 cm³/mol. The summed E-state index contributed by atoms with van der Waals surface area (Å²) >= 11 is 0. The molecule has 1 aliphatic rings. The van der Waals surface area contributed by atoms with Crippen LogP contribution in [0.3, 0.4) is 0 Å². The van der Waals surface area contributed by atoms with Gasteiger partial charge in [0, 0.05) is 51.4 Å². The van der Waals surface area contributed by atoms with E-state index in [1.165, 1.54) is 17.7 Å². The molecule has 1 fully saturated rings. The summed E-state index contributed by atoms with van der Waals surface area (Å²) in [4.78, 5) is 32.1. The van der Waals surface area contributed by atoms with E-state index in [0.717, 1.165) is 37.3 Å². The van der Waals surface area contributed by atoms with Crippen LogP contribution < -0.4 is 5.32 Å². The minimum Gasteiger partial charge on any atom is -0.340 e. The van der Waals surface area contributed by atoms with Crippen LogP contribution >= 0.6 is 0 Å². The Kier molecular flexibility index (Phi) is 9.24. The number of hydrogen-bond acceptors (Lipinski definition) is 3. The summed E-state index contributed by atoms with van der Waals surface area (Å²) < 4.78 is 38.8. The number of amides is 3. The van der Waals surface area contributed by atoms with Crippen molar-refractivity contribution in [3.8, 4) is 0 Å². The van der Waals surface area contributed by atoms with Crippen LogP contribution in [0, 0.1) is 0 Å². The van der Waals surface area contributed by atoms with Crippen LogP contribution in [0.1, 0.15) is 36.1 Å². The lowest BCUT2D eigenvalue weighted by atomic mass is 10.1. The highest BCUT2D eigenvalue weighted by Crippen LogP contribution is 2.30. The first-order valence-corrected chi connectivity index (χ1v) is 13.0. The Bertz CT molecular complexity index is 1210. The third-order valence-corrected chi connectivity index (χ3v) is 7.01. The minimum atomic E-state index is -4.45. The Labute approximate surface area is 227 Å².